The van der Waals surface area contributed by atoms with Gasteiger partial charge in [-0.15, -0.1) is 0 Å². The molecule has 0 aliphatic heterocycles. The Morgan fingerprint density at radius 2 is 0.915 bits per heavy atom. The van der Waals surface area contributed by atoms with Gasteiger partial charge in [0.1, 0.15) is 6.61 Å². The summed E-state index contributed by atoms with van der Waals surface area (Å²) in [7, 11) is -4.42. The quantitative estimate of drug-likeness (QED) is 0.0270. The van der Waals surface area contributed by atoms with E-state index in [0.717, 1.165) is 89.9 Å². The van der Waals surface area contributed by atoms with Crippen molar-refractivity contribution in [3.05, 3.63) is 134 Å². The number of esters is 2. The minimum absolute atomic E-state index is 0.0295. The van der Waals surface area contributed by atoms with Crippen LogP contribution in [0.4, 0.5) is 0 Å². The highest BCUT2D eigenvalue weighted by Gasteiger charge is 2.25. The molecule has 0 aromatic rings. The molecule has 0 saturated heterocycles. The first-order valence-electron chi connectivity index (χ1n) is 21.7. The van der Waals surface area contributed by atoms with Crippen LogP contribution in [0.15, 0.2) is 134 Å². The molecule has 0 fully saturated rings. The molecule has 59 heavy (non-hydrogen) atoms. The Hall–Kier alpha value is -3.85. The molecule has 0 saturated carbocycles. The van der Waals surface area contributed by atoms with Crippen molar-refractivity contribution in [2.24, 2.45) is 5.73 Å². The van der Waals surface area contributed by atoms with E-state index in [1.54, 1.807) is 0 Å². The number of carbonyl (C=O) groups is 2. The average molecular weight is 838 g/mol. The van der Waals surface area contributed by atoms with Crippen LogP contribution in [0.2, 0.25) is 0 Å². The van der Waals surface area contributed by atoms with Crippen LogP contribution in [0.25, 0.3) is 0 Å². The molecule has 0 radical (unpaired) electrons. The Bertz CT molecular complexity index is 1420. The number of rotatable bonds is 38. The summed E-state index contributed by atoms with van der Waals surface area (Å²) in [6, 6.07) is 0. The Kier molecular flexibility index (Phi) is 40.9. The predicted octanol–water partition coefficient (Wildman–Crippen LogP) is 12.7. The van der Waals surface area contributed by atoms with Gasteiger partial charge in [0.2, 0.25) is 0 Å². The topological polar surface area (TPSA) is 134 Å². The van der Waals surface area contributed by atoms with Crippen LogP contribution in [0.3, 0.4) is 0 Å². The monoisotopic (exact) mass is 838 g/mol. The fourth-order valence-corrected chi connectivity index (χ4v) is 5.68. The van der Waals surface area contributed by atoms with E-state index in [1.807, 2.05) is 12.2 Å². The van der Waals surface area contributed by atoms with Crippen molar-refractivity contribution in [3.8, 4) is 0 Å². The van der Waals surface area contributed by atoms with Crippen molar-refractivity contribution in [3.63, 3.8) is 0 Å². The lowest BCUT2D eigenvalue weighted by molar-refractivity contribution is -0.161. The van der Waals surface area contributed by atoms with Crippen molar-refractivity contribution in [2.45, 2.75) is 136 Å². The number of carbonyl (C=O) groups excluding carboxylic acids is 2. The summed E-state index contributed by atoms with van der Waals surface area (Å²) < 4.78 is 32.7. The highest BCUT2D eigenvalue weighted by atomic mass is 31.2. The summed E-state index contributed by atoms with van der Waals surface area (Å²) in [5.41, 5.74) is 5.34. The minimum atomic E-state index is -4.42. The smallest absolute Gasteiger partial charge is 0.462 e. The number of hydrogen-bond donors (Lipinski definition) is 2. The highest BCUT2D eigenvalue weighted by Crippen LogP contribution is 2.43. The standard InChI is InChI=1S/C49H76NO8P/c1-3-5-7-9-11-13-15-17-19-21-23-25-27-29-31-33-35-37-39-41-48(51)55-45-47(46-57-59(53,54)56-44-43-50)58-49(52)42-40-38-36-34-32-30-28-26-24-22-20-18-16-14-12-10-8-6-4-2/h5-8,11-14,17-20,23-26,29-32,35,37,47H,3-4,9-10,15-16,21-22,27-28,33-34,36,38-46,50H2,1-2H3,(H,53,54). The average Bonchev–Trinajstić information content (AvgIpc) is 3.22. The van der Waals surface area contributed by atoms with Gasteiger partial charge in [-0.25, -0.2) is 4.57 Å². The second-order valence-corrected chi connectivity index (χ2v) is 14.9. The molecule has 9 nitrogen and oxygen atoms in total. The second kappa shape index (κ2) is 43.7. The molecule has 0 rings (SSSR count). The summed E-state index contributed by atoms with van der Waals surface area (Å²) >= 11 is 0. The Labute approximate surface area is 357 Å². The SMILES string of the molecule is CCC=CCC=CCC=CCC=CCC=CCC=CCCC(=O)OCC(COP(=O)(O)OCCN)OC(=O)CCCCCC=CCC=CCC=CCC=CCC=CCC. The maximum Gasteiger partial charge on any atom is 0.472 e. The second-order valence-electron chi connectivity index (χ2n) is 13.4. The zero-order valence-corrected chi connectivity index (χ0v) is 37.1. The minimum Gasteiger partial charge on any atom is -0.462 e. The van der Waals surface area contributed by atoms with Crippen LogP contribution >= 0.6 is 7.82 Å². The molecule has 0 aliphatic rings. The zero-order valence-electron chi connectivity index (χ0n) is 36.2. The van der Waals surface area contributed by atoms with Crippen molar-refractivity contribution in [1.82, 2.24) is 0 Å². The normalized spacial score (nSPS) is 14.6. The van der Waals surface area contributed by atoms with Gasteiger partial charge in [0.25, 0.3) is 0 Å². The van der Waals surface area contributed by atoms with E-state index in [4.69, 9.17) is 24.3 Å². The van der Waals surface area contributed by atoms with Crippen molar-refractivity contribution in [1.29, 1.82) is 0 Å². The molecule has 330 valence electrons. The number of allylic oxidation sites excluding steroid dienone is 22. The van der Waals surface area contributed by atoms with E-state index in [1.165, 1.54) is 0 Å². The fraction of sp³-hybridized carbons (Fsp3) is 0.510. The predicted molar refractivity (Wildman–Crippen MR) is 247 cm³/mol. The third-order valence-corrected chi connectivity index (χ3v) is 9.03. The van der Waals surface area contributed by atoms with Crippen LogP contribution in [0.5, 0.6) is 0 Å². The molecule has 0 aliphatic carbocycles. The molecule has 0 heterocycles. The molecule has 10 heteroatoms. The Balaban J connectivity index is 4.38. The maximum atomic E-state index is 12.6. The molecule has 0 aromatic heterocycles. The molecule has 0 aromatic carbocycles. The third kappa shape index (κ3) is 43.6. The van der Waals surface area contributed by atoms with E-state index in [0.29, 0.717) is 12.8 Å². The van der Waals surface area contributed by atoms with Gasteiger partial charge in [-0.3, -0.25) is 18.6 Å². The van der Waals surface area contributed by atoms with Gasteiger partial charge >= 0.3 is 19.8 Å². The number of ether oxygens (including phenoxy) is 2. The first kappa shape index (κ1) is 55.2. The molecule has 0 spiro atoms. The molecule has 0 bridgehead atoms. The van der Waals surface area contributed by atoms with Crippen LogP contribution in [-0.4, -0.2) is 49.3 Å². The van der Waals surface area contributed by atoms with Crippen LogP contribution < -0.4 is 5.73 Å². The van der Waals surface area contributed by atoms with E-state index in [-0.39, 0.29) is 32.6 Å². The number of phosphoric ester groups is 1. The Morgan fingerprint density at radius 1 is 0.508 bits per heavy atom. The largest absolute Gasteiger partial charge is 0.472 e. The number of nitrogens with two attached hydrogens (primary N) is 1. The molecule has 2 atom stereocenters. The fourth-order valence-electron chi connectivity index (χ4n) is 4.92. The van der Waals surface area contributed by atoms with E-state index >= 15 is 0 Å². The Morgan fingerprint density at radius 3 is 1.34 bits per heavy atom. The summed E-state index contributed by atoms with van der Waals surface area (Å²) in [4.78, 5) is 34.9. The van der Waals surface area contributed by atoms with Crippen molar-refractivity contribution < 1.29 is 37.6 Å². The van der Waals surface area contributed by atoms with E-state index < -0.39 is 32.5 Å². The van der Waals surface area contributed by atoms with Crippen LogP contribution in [-0.2, 0) is 32.7 Å². The molecular weight excluding hydrogens is 762 g/mol. The summed E-state index contributed by atoms with van der Waals surface area (Å²) in [5, 5.41) is 0. The zero-order chi connectivity index (χ0) is 43.2. The molecule has 3 N–H and O–H groups in total. The highest BCUT2D eigenvalue weighted by molar-refractivity contribution is 7.47. The number of unbranched alkanes of at least 4 members (excludes halogenated alkanes) is 3. The van der Waals surface area contributed by atoms with Gasteiger partial charge in [-0.05, 0) is 96.3 Å². The molecular formula is C49H76NO8P. The van der Waals surface area contributed by atoms with Gasteiger partial charge in [0.15, 0.2) is 6.10 Å². The van der Waals surface area contributed by atoms with Gasteiger partial charge in [0.05, 0.1) is 13.2 Å². The van der Waals surface area contributed by atoms with Gasteiger partial charge in [-0.2, -0.15) is 0 Å². The van der Waals surface area contributed by atoms with Gasteiger partial charge in [-0.1, -0.05) is 154 Å². The molecule has 0 amide bonds. The summed E-state index contributed by atoms with van der Waals surface area (Å²) in [6.45, 7) is 3.34. The summed E-state index contributed by atoms with van der Waals surface area (Å²) in [5.74, 6) is -0.981. The van der Waals surface area contributed by atoms with Gasteiger partial charge in [0, 0.05) is 19.4 Å². The van der Waals surface area contributed by atoms with E-state index in [9.17, 15) is 19.0 Å². The maximum absolute atomic E-state index is 12.6. The number of hydrogen-bond acceptors (Lipinski definition) is 8. The van der Waals surface area contributed by atoms with Crippen molar-refractivity contribution in [2.75, 3.05) is 26.4 Å². The lowest BCUT2D eigenvalue weighted by atomic mass is 10.1. The van der Waals surface area contributed by atoms with Crippen molar-refractivity contribution >= 4 is 19.8 Å². The lowest BCUT2D eigenvalue weighted by Crippen LogP contribution is -2.29. The van der Waals surface area contributed by atoms with E-state index in [2.05, 4.69) is 135 Å². The lowest BCUT2D eigenvalue weighted by Gasteiger charge is -2.19. The summed E-state index contributed by atoms with van der Waals surface area (Å²) in [6.07, 6.45) is 60.7. The van der Waals surface area contributed by atoms with Crippen LogP contribution in [0.1, 0.15) is 129 Å². The first-order valence-corrected chi connectivity index (χ1v) is 23.2. The van der Waals surface area contributed by atoms with Gasteiger partial charge < -0.3 is 20.1 Å². The molecule has 2 unspecified atom stereocenters. The third-order valence-electron chi connectivity index (χ3n) is 8.05. The number of phosphoric acid groups is 1. The first-order chi connectivity index (χ1) is 28.8. The van der Waals surface area contributed by atoms with Crippen LogP contribution in [0, 0.1) is 0 Å².